The molecule has 11 bridgehead atoms. The van der Waals surface area contributed by atoms with E-state index in [1.807, 2.05) is 0 Å². The van der Waals surface area contributed by atoms with Crippen LogP contribution in [-0.2, 0) is 68.7 Å². The molecule has 1 aromatic heterocycles. The number of nitrogens with one attached hydrogen (secondary N) is 10. The highest BCUT2D eigenvalue weighted by Crippen LogP contribution is 2.50. The molecule has 0 saturated carbocycles. The average molecular weight is 1800 g/mol. The van der Waals surface area contributed by atoms with Crippen LogP contribution in [0.4, 0.5) is 18.9 Å². The van der Waals surface area contributed by atoms with E-state index >= 15 is 24.0 Å². The van der Waals surface area contributed by atoms with Crippen molar-refractivity contribution in [2.45, 2.75) is 169 Å². The van der Waals surface area contributed by atoms with Gasteiger partial charge in [-0.05, 0) is 151 Å². The van der Waals surface area contributed by atoms with E-state index < -0.39 is 266 Å². The maximum absolute atomic E-state index is 16.3. The third-order valence-corrected chi connectivity index (χ3v) is 21.8. The number of halogens is 5. The molecular formula is C83H89Cl2F3N12O26. The molecule has 0 aliphatic carbocycles. The number of nitrogens with zero attached hydrogens (tertiary/aromatic N) is 1. The maximum atomic E-state index is 16.3. The van der Waals surface area contributed by atoms with Gasteiger partial charge in [0, 0.05) is 48.0 Å². The molecule has 7 aromatic rings. The molecule has 8 heterocycles. The number of hydrogen-bond donors (Lipinski definition) is 20. The Morgan fingerprint density at radius 3 is 2.04 bits per heavy atom. The van der Waals surface area contributed by atoms with Gasteiger partial charge >= 0.3 is 6.36 Å². The number of phenols is 3. The fourth-order valence-electron chi connectivity index (χ4n) is 14.9. The number of benzene rings is 6. The lowest BCUT2D eigenvalue weighted by Crippen LogP contribution is -2.65. The smallest absolute Gasteiger partial charge is 0.508 e. The summed E-state index contributed by atoms with van der Waals surface area (Å²) in [6.45, 7) is 5.55. The summed E-state index contributed by atoms with van der Waals surface area (Å²) in [5.74, 6) is -16.9. The van der Waals surface area contributed by atoms with Crippen molar-refractivity contribution in [2.75, 3.05) is 26.1 Å². The molecule has 2 saturated heterocycles. The molecular weight excluding hydrogens is 1710 g/mol. The van der Waals surface area contributed by atoms with E-state index in [-0.39, 0.29) is 53.2 Å². The lowest BCUT2D eigenvalue weighted by Gasteiger charge is -2.48. The molecule has 14 rings (SSSR count). The zero-order valence-corrected chi connectivity index (χ0v) is 69.0. The number of ether oxygens (including phenoxy) is 7. The van der Waals surface area contributed by atoms with Gasteiger partial charge in [0.2, 0.25) is 59.3 Å². The fourth-order valence-corrected chi connectivity index (χ4v) is 15.4. The van der Waals surface area contributed by atoms with Gasteiger partial charge in [-0.15, -0.1) is 13.2 Å². The standard InChI is InChI=1S/C83H89Cl2F3N12O26/c1-34(2)18-49(90-5)74(112)98-65-67(107)39-12-15-53(47(84)22-39)121-55-24-41-25-56(71(55)125-81-72(70(110)69(109)57(33-101)123-81)124-60-29-82(4,73(111)35(3)120-60)92-31-37-19-42(32-91-30-37)93-59(106)17-10-36-8-7-9-44(20-36)126-83(86,87)88)122-54-16-13-40(23-48(54)85)68(108)66-79(117)97-64(80(118)100-119-6)46-26-43(102)27-52(104)61(46)45-21-38(11-14-51(45)103)62(76(114)99-66)96-77(115)63(41)95-75(113)50(28-58(89)105)94-78(65)116/h7-17,19-27,30,32,34-35,49-50,57,60,62-70,72-73,81,90,92,101-104,107-111H,18,28-29,31,33H2,1-6H3,(H2,89,105)(H,93,106)(H,94,116)(H,95,113)(H,96,115)(H,97,117)(H,98,112)(H,99,114)(H,100,118)/b17-10+/t35?,49?,50?,57?,60?,62?,63?,64-,65?,66?,67?,68?,69?,70?,72?,73?,81?,82-/m1/s1. The minimum Gasteiger partial charge on any atom is -0.508 e. The number of rotatable bonds is 21. The van der Waals surface area contributed by atoms with Crippen molar-refractivity contribution < 1.29 is 140 Å². The number of aromatic hydroxyl groups is 3. The first-order valence-electron chi connectivity index (χ1n) is 39.0. The maximum Gasteiger partial charge on any atom is 0.573 e. The molecule has 0 spiro atoms. The Morgan fingerprint density at radius 1 is 0.738 bits per heavy atom. The molecule has 18 atom stereocenters. The van der Waals surface area contributed by atoms with Gasteiger partial charge in [0.25, 0.3) is 5.91 Å². The minimum absolute atomic E-state index is 0.0873. The van der Waals surface area contributed by atoms with Gasteiger partial charge in [-0.25, -0.2) is 5.48 Å². The van der Waals surface area contributed by atoms with Crippen LogP contribution in [0.2, 0.25) is 10.0 Å². The van der Waals surface area contributed by atoms with Crippen molar-refractivity contribution in [2.24, 2.45) is 11.7 Å². The number of amides is 9. The lowest BCUT2D eigenvalue weighted by molar-refractivity contribution is -0.334. The number of primary amides is 1. The number of hydrogen-bond acceptors (Lipinski definition) is 29. The van der Waals surface area contributed by atoms with E-state index in [4.69, 9.17) is 62.2 Å². The Hall–Kier alpha value is -12.1. The third-order valence-electron chi connectivity index (χ3n) is 21.2. The molecule has 6 aromatic carbocycles. The summed E-state index contributed by atoms with van der Waals surface area (Å²) in [4.78, 5) is 142. The monoisotopic (exact) mass is 1800 g/mol. The topological polar surface area (TPSA) is 569 Å². The Kier molecular flexibility index (Phi) is 29.0. The second-order valence-electron chi connectivity index (χ2n) is 30.8. The predicted molar refractivity (Wildman–Crippen MR) is 434 cm³/mol. The fraction of sp³-hybridized carbons (Fsp3) is 0.373. The molecule has 21 N–H and O–H groups in total. The zero-order chi connectivity index (χ0) is 91.2. The Labute approximate surface area is 724 Å². The lowest BCUT2D eigenvalue weighted by atomic mass is 9.84. The van der Waals surface area contributed by atoms with E-state index in [1.54, 1.807) is 20.8 Å². The van der Waals surface area contributed by atoms with Crippen LogP contribution in [0.25, 0.3) is 17.2 Å². The van der Waals surface area contributed by atoms with E-state index in [1.165, 1.54) is 62.8 Å². The highest BCUT2D eigenvalue weighted by atomic mass is 35.5. The highest BCUT2D eigenvalue weighted by Gasteiger charge is 2.53. The van der Waals surface area contributed by atoms with Crippen molar-refractivity contribution in [1.82, 2.24) is 53.0 Å². The SMILES string of the molecule is CNC(CC(C)C)C(=O)NC1C(=O)NC(CC(N)=O)C(=O)NC2C(=O)NC3C(=O)NC(C(=O)N[C@@H](C(=O)NOC)c4cc(O)cc(O)c4-c4cc3ccc4O)C(O)c3ccc(c(Cl)c3)Oc3cc2cc(c3OC2OC(CO)C(O)C(O)C2OC2C[C@@](C)(NCc3cncc(NC(=O)/C=C/c4cccc(OC(F)(F)F)c4)c3)C(O)C(C)O2)Oc2ccc(cc2Cl)C1O. The van der Waals surface area contributed by atoms with Crippen molar-refractivity contribution in [3.63, 3.8) is 0 Å². The summed E-state index contributed by atoms with van der Waals surface area (Å²) in [6.07, 6.45) is -19.6. The first-order chi connectivity index (χ1) is 59.7. The van der Waals surface area contributed by atoms with Crippen molar-refractivity contribution in [3.05, 3.63) is 177 Å². The van der Waals surface area contributed by atoms with Crippen LogP contribution in [0.5, 0.6) is 51.7 Å². The molecule has 2 fully saturated rings. The Balaban J connectivity index is 0.996. The zero-order valence-electron chi connectivity index (χ0n) is 67.5. The average Bonchev–Trinajstić information content (AvgIpc) is 0.764. The summed E-state index contributed by atoms with van der Waals surface area (Å²) in [7, 11) is 2.49. The molecule has 7 aliphatic rings. The molecule has 672 valence electrons. The number of hydroxylamine groups is 1. The number of aromatic nitrogens is 1. The van der Waals surface area contributed by atoms with Gasteiger partial charge in [0.15, 0.2) is 23.9 Å². The van der Waals surface area contributed by atoms with E-state index in [0.29, 0.717) is 5.56 Å². The first kappa shape index (κ1) is 93.1. The van der Waals surface area contributed by atoms with E-state index in [0.717, 1.165) is 92.0 Å². The normalized spacial score (nSPS) is 26.0. The third kappa shape index (κ3) is 21.5. The Morgan fingerprint density at radius 2 is 1.40 bits per heavy atom. The summed E-state index contributed by atoms with van der Waals surface area (Å²) >= 11 is 14.3. The second kappa shape index (κ2) is 39.2. The van der Waals surface area contributed by atoms with Crippen LogP contribution in [0.3, 0.4) is 0 Å². The second-order valence-corrected chi connectivity index (χ2v) is 31.7. The number of alkyl halides is 3. The number of pyridine rings is 1. The van der Waals surface area contributed by atoms with E-state index in [9.17, 15) is 78.3 Å². The van der Waals surface area contributed by atoms with Crippen molar-refractivity contribution in [3.8, 4) is 62.9 Å². The number of carbonyl (C=O) groups excluding carboxylic acids is 9. The quantitative estimate of drug-likeness (QED) is 0.0362. The summed E-state index contributed by atoms with van der Waals surface area (Å²) in [6, 6.07) is 5.78. The van der Waals surface area contributed by atoms with Crippen molar-refractivity contribution >= 4 is 88.1 Å². The first-order valence-corrected chi connectivity index (χ1v) is 39.8. The largest absolute Gasteiger partial charge is 0.573 e. The minimum atomic E-state index is -4.96. The molecule has 9 amide bonds. The summed E-state index contributed by atoms with van der Waals surface area (Å²) < 4.78 is 82.2. The van der Waals surface area contributed by atoms with Gasteiger partial charge in [-0.1, -0.05) is 67.4 Å². The number of aliphatic hydroxyl groups excluding tert-OH is 6. The van der Waals surface area contributed by atoms with Crippen LogP contribution in [-0.4, -0.2) is 210 Å². The van der Waals surface area contributed by atoms with Gasteiger partial charge in [-0.3, -0.25) is 53.0 Å². The van der Waals surface area contributed by atoms with Crippen LogP contribution in [0.1, 0.15) is 116 Å². The molecule has 7 aliphatic heterocycles. The van der Waals surface area contributed by atoms with Crippen LogP contribution in [0, 0.1) is 5.92 Å². The van der Waals surface area contributed by atoms with E-state index in [2.05, 4.69) is 63.1 Å². The van der Waals surface area contributed by atoms with Gasteiger partial charge in [0.05, 0.1) is 60.3 Å². The van der Waals surface area contributed by atoms with Crippen LogP contribution in [0.15, 0.2) is 128 Å². The molecule has 16 unspecified atom stereocenters. The van der Waals surface area contributed by atoms with Crippen LogP contribution < -0.4 is 78.0 Å². The van der Waals surface area contributed by atoms with Crippen molar-refractivity contribution in [1.29, 1.82) is 0 Å². The number of fused-ring (bicyclic) bond motifs is 15. The summed E-state index contributed by atoms with van der Waals surface area (Å²) in [5, 5.41) is 129. The Bertz CT molecular complexity index is 5350. The number of phenolic OH excluding ortho intramolecular Hbond substituents is 3. The summed E-state index contributed by atoms with van der Waals surface area (Å²) in [5.41, 5.74) is 4.47. The van der Waals surface area contributed by atoms with Gasteiger partial charge in [0.1, 0.15) is 101 Å². The number of anilines is 1. The highest BCUT2D eigenvalue weighted by molar-refractivity contribution is 6.32. The molecule has 38 nitrogen and oxygen atoms in total. The molecule has 126 heavy (non-hydrogen) atoms. The number of likely N-dealkylation sites (N-methyl/N-ethyl adjacent to an activating group) is 1. The van der Waals surface area contributed by atoms with Crippen LogP contribution >= 0.6 is 23.2 Å². The number of aliphatic hydroxyl groups is 6. The predicted octanol–water partition coefficient (Wildman–Crippen LogP) is 3.48. The molecule has 43 heteroatoms. The molecule has 0 radical (unpaired) electrons. The number of nitrogens with two attached hydrogens (primary N) is 1. The van der Waals surface area contributed by atoms with Gasteiger partial charge in [-0.2, -0.15) is 0 Å². The number of carbonyl (C=O) groups is 9. The van der Waals surface area contributed by atoms with Gasteiger partial charge < -0.3 is 133 Å².